The van der Waals surface area contributed by atoms with Crippen molar-refractivity contribution in [1.82, 2.24) is 0 Å². The van der Waals surface area contributed by atoms with Crippen molar-refractivity contribution in [3.05, 3.63) is 29.1 Å². The Bertz CT molecular complexity index is 405. The van der Waals surface area contributed by atoms with Crippen LogP contribution >= 0.6 is 0 Å². The van der Waals surface area contributed by atoms with Crippen LogP contribution in [0.2, 0.25) is 0 Å². The molecule has 0 amide bonds. The maximum Gasteiger partial charge on any atom is 0.491 e. The van der Waals surface area contributed by atoms with Gasteiger partial charge in [0.05, 0.1) is 12.2 Å². The number of hydrogen-bond acceptors (Lipinski definition) is 3. The predicted molar refractivity (Wildman–Crippen MR) is 48.8 cm³/mol. The third-order valence-corrected chi connectivity index (χ3v) is 2.27. The molecule has 0 saturated carbocycles. The maximum atomic E-state index is 13.3. The van der Waals surface area contributed by atoms with Gasteiger partial charge in [0, 0.05) is 0 Å². The fourth-order valence-corrected chi connectivity index (χ4v) is 1.52. The fourth-order valence-electron chi connectivity index (χ4n) is 1.52. The summed E-state index contributed by atoms with van der Waals surface area (Å²) in [5, 5.41) is 9.26. The summed E-state index contributed by atoms with van der Waals surface area (Å²) < 4.78 is 18.2. The molecule has 1 heterocycles. The molecule has 0 unspecified atom stereocenters. The molecule has 3 nitrogen and oxygen atoms in total. The van der Waals surface area contributed by atoms with Gasteiger partial charge in [0.25, 0.3) is 0 Å². The highest BCUT2D eigenvalue weighted by atomic mass is 19.1. The molecule has 2 rings (SSSR count). The number of hydrogen-bond donors (Lipinski definition) is 1. The highest BCUT2D eigenvalue weighted by Crippen LogP contribution is 2.15. The van der Waals surface area contributed by atoms with E-state index in [0.717, 1.165) is 6.07 Å². The summed E-state index contributed by atoms with van der Waals surface area (Å²) in [7, 11) is -1.07. The largest absolute Gasteiger partial charge is 0.491 e. The Kier molecular flexibility index (Phi) is 2.13. The summed E-state index contributed by atoms with van der Waals surface area (Å²) in [5.74, 6) is -0.938. The molecule has 14 heavy (non-hydrogen) atoms. The topological polar surface area (TPSA) is 46.5 Å². The molecule has 1 N–H and O–H groups in total. The van der Waals surface area contributed by atoms with Crippen LogP contribution < -0.4 is 5.46 Å². The number of ketones is 1. The van der Waals surface area contributed by atoms with Gasteiger partial charge in [-0.25, -0.2) is 4.39 Å². The lowest BCUT2D eigenvalue weighted by Gasteiger charge is -2.02. The first-order valence-electron chi connectivity index (χ1n) is 4.22. The lowest BCUT2D eigenvalue weighted by molar-refractivity contribution is 0.101. The maximum absolute atomic E-state index is 13.3. The lowest BCUT2D eigenvalue weighted by atomic mass is 9.79. The van der Waals surface area contributed by atoms with Gasteiger partial charge in [0.1, 0.15) is 5.82 Å². The van der Waals surface area contributed by atoms with Gasteiger partial charge in [-0.2, -0.15) is 0 Å². The van der Waals surface area contributed by atoms with Gasteiger partial charge < -0.3 is 9.68 Å². The Labute approximate surface area is 80.6 Å². The Morgan fingerprint density at radius 3 is 3.00 bits per heavy atom. The Morgan fingerprint density at radius 2 is 2.36 bits per heavy atom. The molecule has 1 aliphatic rings. The van der Waals surface area contributed by atoms with Crippen molar-refractivity contribution in [3.63, 3.8) is 0 Å². The quantitative estimate of drug-likeness (QED) is 0.514. The van der Waals surface area contributed by atoms with Crippen molar-refractivity contribution in [2.24, 2.45) is 0 Å². The van der Waals surface area contributed by atoms with Crippen LogP contribution in [-0.4, -0.2) is 17.9 Å². The molecule has 1 aliphatic heterocycles. The van der Waals surface area contributed by atoms with E-state index >= 15 is 0 Å². The molecule has 0 aliphatic carbocycles. The highest BCUT2D eigenvalue weighted by molar-refractivity contribution is 6.61. The zero-order valence-electron chi connectivity index (χ0n) is 7.58. The molecule has 0 radical (unpaired) electrons. The number of rotatable bonds is 1. The lowest BCUT2D eigenvalue weighted by Crippen LogP contribution is -2.28. The van der Waals surface area contributed by atoms with E-state index in [-0.39, 0.29) is 18.0 Å². The summed E-state index contributed by atoms with van der Waals surface area (Å²) >= 11 is 0. The van der Waals surface area contributed by atoms with E-state index in [1.54, 1.807) is 0 Å². The summed E-state index contributed by atoms with van der Waals surface area (Å²) in [4.78, 5) is 11.0. The number of carbonyl (C=O) groups is 1. The van der Waals surface area contributed by atoms with Gasteiger partial charge in [0.15, 0.2) is 5.78 Å². The van der Waals surface area contributed by atoms with Crippen LogP contribution in [0.3, 0.4) is 0 Å². The number of halogens is 1. The standard InChI is InChI=1S/C9H8BFO3/c1-5(12)7-2-6-4-14-10(13)8(6)3-9(7)11/h2-3,13H,4H2,1H3. The second-order valence-corrected chi connectivity index (χ2v) is 3.25. The van der Waals surface area contributed by atoms with Crippen LogP contribution in [0.1, 0.15) is 22.8 Å². The van der Waals surface area contributed by atoms with E-state index in [4.69, 9.17) is 4.65 Å². The third-order valence-electron chi connectivity index (χ3n) is 2.27. The molecule has 72 valence electrons. The molecule has 0 aromatic heterocycles. The van der Waals surface area contributed by atoms with Gasteiger partial charge >= 0.3 is 7.12 Å². The molecule has 0 spiro atoms. The first kappa shape index (κ1) is 9.36. The average Bonchev–Trinajstić information content (AvgIpc) is 2.46. The molecular formula is C9H8BFO3. The van der Waals surface area contributed by atoms with E-state index in [1.165, 1.54) is 13.0 Å². The van der Waals surface area contributed by atoms with E-state index < -0.39 is 12.9 Å². The second-order valence-electron chi connectivity index (χ2n) is 3.25. The minimum atomic E-state index is -1.07. The van der Waals surface area contributed by atoms with Crippen LogP contribution in [0.5, 0.6) is 0 Å². The number of fused-ring (bicyclic) bond motifs is 1. The van der Waals surface area contributed by atoms with Crippen molar-refractivity contribution in [3.8, 4) is 0 Å². The van der Waals surface area contributed by atoms with E-state index in [0.29, 0.717) is 11.0 Å². The molecule has 1 aromatic carbocycles. The number of carbonyl (C=O) groups excluding carboxylic acids is 1. The molecule has 5 heteroatoms. The Hall–Kier alpha value is -1.20. The van der Waals surface area contributed by atoms with Crippen LogP contribution in [0.25, 0.3) is 0 Å². The van der Waals surface area contributed by atoms with Gasteiger partial charge in [-0.05, 0) is 30.1 Å². The molecule has 0 bridgehead atoms. The summed E-state index contributed by atoms with van der Waals surface area (Å²) in [6.07, 6.45) is 0. The van der Waals surface area contributed by atoms with E-state index in [1.807, 2.05) is 0 Å². The number of benzene rings is 1. The molecule has 1 aromatic rings. The second kappa shape index (κ2) is 3.18. The number of Topliss-reactive ketones (excluding diaryl/α,β-unsaturated/α-hetero) is 1. The SMILES string of the molecule is CC(=O)c1cc2c(cc1F)B(O)OC2. The average molecular weight is 194 g/mol. The van der Waals surface area contributed by atoms with Crippen LogP contribution in [0.15, 0.2) is 12.1 Å². The monoisotopic (exact) mass is 194 g/mol. The minimum absolute atomic E-state index is 0.0430. The minimum Gasteiger partial charge on any atom is -0.423 e. The van der Waals surface area contributed by atoms with E-state index in [9.17, 15) is 14.2 Å². The smallest absolute Gasteiger partial charge is 0.423 e. The Morgan fingerprint density at radius 1 is 1.64 bits per heavy atom. The normalized spacial score (nSPS) is 14.4. The van der Waals surface area contributed by atoms with Gasteiger partial charge in [-0.15, -0.1) is 0 Å². The molecule has 0 saturated heterocycles. The zero-order valence-corrected chi connectivity index (χ0v) is 7.58. The van der Waals surface area contributed by atoms with Crippen molar-refractivity contribution in [2.75, 3.05) is 0 Å². The fraction of sp³-hybridized carbons (Fsp3) is 0.222. The molecule has 0 atom stereocenters. The Balaban J connectivity index is 2.55. The van der Waals surface area contributed by atoms with Gasteiger partial charge in [-0.1, -0.05) is 0 Å². The van der Waals surface area contributed by atoms with Gasteiger partial charge in [-0.3, -0.25) is 4.79 Å². The zero-order chi connectivity index (χ0) is 10.3. The van der Waals surface area contributed by atoms with Crippen LogP contribution in [0, 0.1) is 5.82 Å². The predicted octanol–water partition coefficient (Wildman–Crippen LogP) is 0.246. The van der Waals surface area contributed by atoms with Crippen molar-refractivity contribution in [1.29, 1.82) is 0 Å². The van der Waals surface area contributed by atoms with Crippen LogP contribution in [0.4, 0.5) is 4.39 Å². The summed E-state index contributed by atoms with van der Waals surface area (Å²) in [6, 6.07) is 2.59. The first-order chi connectivity index (χ1) is 6.59. The van der Waals surface area contributed by atoms with Crippen molar-refractivity contribution < 1.29 is 18.9 Å². The first-order valence-corrected chi connectivity index (χ1v) is 4.22. The highest BCUT2D eigenvalue weighted by Gasteiger charge is 2.29. The van der Waals surface area contributed by atoms with Gasteiger partial charge in [0.2, 0.25) is 0 Å². The van der Waals surface area contributed by atoms with Crippen molar-refractivity contribution in [2.45, 2.75) is 13.5 Å². The summed E-state index contributed by atoms with van der Waals surface area (Å²) in [5.41, 5.74) is 1.12. The van der Waals surface area contributed by atoms with Crippen LogP contribution in [-0.2, 0) is 11.3 Å². The van der Waals surface area contributed by atoms with E-state index in [2.05, 4.69) is 0 Å². The third kappa shape index (κ3) is 1.34. The molecular weight excluding hydrogens is 186 g/mol. The molecule has 0 fully saturated rings. The summed E-state index contributed by atoms with van der Waals surface area (Å²) in [6.45, 7) is 1.52. The van der Waals surface area contributed by atoms with Crippen molar-refractivity contribution >= 4 is 18.4 Å².